The number of aliphatic carboxylic acids is 1. The van der Waals surface area contributed by atoms with E-state index in [9.17, 15) is 14.7 Å². The monoisotopic (exact) mass is 287 g/mol. The van der Waals surface area contributed by atoms with Gasteiger partial charge in [-0.1, -0.05) is 18.9 Å². The maximum absolute atomic E-state index is 12.2. The van der Waals surface area contributed by atoms with Crippen molar-refractivity contribution in [2.75, 3.05) is 6.54 Å². The van der Waals surface area contributed by atoms with E-state index < -0.39 is 11.4 Å². The minimum atomic E-state index is -0.824. The maximum atomic E-state index is 12.2. The second-order valence-corrected chi connectivity index (χ2v) is 5.57. The van der Waals surface area contributed by atoms with Crippen LogP contribution >= 0.6 is 0 Å². The molecule has 0 saturated heterocycles. The summed E-state index contributed by atoms with van der Waals surface area (Å²) in [6.07, 6.45) is 6.50. The zero-order valence-corrected chi connectivity index (χ0v) is 11.6. The Morgan fingerprint density at radius 1 is 1.33 bits per heavy atom. The number of amides is 1. The average molecular weight is 287 g/mol. The van der Waals surface area contributed by atoms with Crippen molar-refractivity contribution in [1.29, 1.82) is 0 Å². The van der Waals surface area contributed by atoms with Gasteiger partial charge >= 0.3 is 5.97 Å². The number of rotatable bonds is 4. The number of fused-ring (bicyclic) bond motifs is 1. The van der Waals surface area contributed by atoms with Crippen LogP contribution < -0.4 is 5.32 Å². The van der Waals surface area contributed by atoms with Gasteiger partial charge in [0.25, 0.3) is 5.91 Å². The van der Waals surface area contributed by atoms with E-state index >= 15 is 0 Å². The Hall–Kier alpha value is -2.37. The van der Waals surface area contributed by atoms with E-state index in [4.69, 9.17) is 0 Å². The molecule has 6 nitrogen and oxygen atoms in total. The lowest BCUT2D eigenvalue weighted by Crippen LogP contribution is -2.41. The highest BCUT2D eigenvalue weighted by molar-refractivity contribution is 5.93. The number of nitrogens with one attached hydrogen (secondary N) is 1. The van der Waals surface area contributed by atoms with Gasteiger partial charge in [0.15, 0.2) is 0 Å². The third-order valence-electron chi connectivity index (χ3n) is 4.20. The molecule has 1 saturated carbocycles. The number of carbonyl (C=O) groups is 2. The zero-order chi connectivity index (χ0) is 14.9. The molecule has 2 N–H and O–H groups in total. The van der Waals surface area contributed by atoms with Crippen molar-refractivity contribution in [3.05, 3.63) is 36.3 Å². The summed E-state index contributed by atoms with van der Waals surface area (Å²) in [6.45, 7) is 0.162. The minimum absolute atomic E-state index is 0.162. The Balaban J connectivity index is 1.72. The molecule has 1 aliphatic carbocycles. The average Bonchev–Trinajstić information content (AvgIpc) is 3.12. The molecule has 1 fully saturated rings. The Morgan fingerprint density at radius 2 is 2.10 bits per heavy atom. The molecule has 110 valence electrons. The lowest BCUT2D eigenvalue weighted by Gasteiger charge is -2.23. The Morgan fingerprint density at radius 3 is 2.76 bits per heavy atom. The number of carbonyl (C=O) groups excluding carboxylic acids is 1. The maximum Gasteiger partial charge on any atom is 0.311 e. The molecule has 0 aliphatic heterocycles. The van der Waals surface area contributed by atoms with Gasteiger partial charge in [-0.2, -0.15) is 0 Å². The second-order valence-electron chi connectivity index (χ2n) is 5.57. The standard InChI is InChI=1S/C15H17N3O3/c19-13(11-9-18-8-4-1-5-12(18)17-11)16-10-15(14(20)21)6-2-3-7-15/h1,4-5,8-9H,2-3,6-7,10H2,(H,16,19)(H,20,21). The zero-order valence-electron chi connectivity index (χ0n) is 11.6. The molecule has 0 radical (unpaired) electrons. The molecule has 0 spiro atoms. The van der Waals surface area contributed by atoms with Crippen LogP contribution in [-0.2, 0) is 4.79 Å². The molecule has 2 aromatic rings. The summed E-state index contributed by atoms with van der Waals surface area (Å²) in [4.78, 5) is 27.8. The second kappa shape index (κ2) is 5.20. The quantitative estimate of drug-likeness (QED) is 0.896. The van der Waals surface area contributed by atoms with Gasteiger partial charge in [-0.05, 0) is 25.0 Å². The largest absolute Gasteiger partial charge is 0.481 e. The lowest BCUT2D eigenvalue weighted by molar-refractivity contribution is -0.148. The number of nitrogens with zero attached hydrogens (tertiary/aromatic N) is 2. The minimum Gasteiger partial charge on any atom is -0.481 e. The molecule has 6 heteroatoms. The summed E-state index contributed by atoms with van der Waals surface area (Å²) < 4.78 is 1.76. The first-order chi connectivity index (χ1) is 10.1. The first-order valence-electron chi connectivity index (χ1n) is 7.06. The van der Waals surface area contributed by atoms with Crippen LogP contribution in [-0.4, -0.2) is 32.9 Å². The Bertz CT molecular complexity index is 653. The number of hydrogen-bond acceptors (Lipinski definition) is 3. The number of carboxylic acid groups (broad SMARTS) is 1. The molecule has 3 rings (SSSR count). The number of pyridine rings is 1. The fourth-order valence-electron chi connectivity index (χ4n) is 2.90. The SMILES string of the molecule is O=C(NCC1(C(=O)O)CCCC1)c1cn2ccccc2n1. The predicted molar refractivity (Wildman–Crippen MR) is 76.1 cm³/mol. The van der Waals surface area contributed by atoms with Gasteiger partial charge in [0.05, 0.1) is 5.41 Å². The first-order valence-corrected chi connectivity index (χ1v) is 7.06. The van der Waals surface area contributed by atoms with E-state index in [0.29, 0.717) is 24.2 Å². The Labute approximate surface area is 121 Å². The highest BCUT2D eigenvalue weighted by atomic mass is 16.4. The van der Waals surface area contributed by atoms with Gasteiger partial charge in [0.2, 0.25) is 0 Å². The topological polar surface area (TPSA) is 83.7 Å². The molecule has 0 unspecified atom stereocenters. The molecule has 2 heterocycles. The summed E-state index contributed by atoms with van der Waals surface area (Å²) >= 11 is 0. The van der Waals surface area contributed by atoms with Gasteiger partial charge in [0, 0.05) is 18.9 Å². The summed E-state index contributed by atoms with van der Waals surface area (Å²) in [6, 6.07) is 5.52. The Kier molecular flexibility index (Phi) is 3.37. The molecule has 1 amide bonds. The smallest absolute Gasteiger partial charge is 0.311 e. The molecular weight excluding hydrogens is 270 g/mol. The van der Waals surface area contributed by atoms with E-state index in [0.717, 1.165) is 12.8 Å². The van der Waals surface area contributed by atoms with Crippen LogP contribution in [0.4, 0.5) is 0 Å². The number of aromatic nitrogens is 2. The predicted octanol–water partition coefficient (Wildman–Crippen LogP) is 1.71. The number of imidazole rings is 1. The fraction of sp³-hybridized carbons (Fsp3) is 0.400. The highest BCUT2D eigenvalue weighted by Crippen LogP contribution is 2.37. The van der Waals surface area contributed by atoms with Crippen LogP contribution in [0, 0.1) is 5.41 Å². The molecule has 0 aromatic carbocycles. The third kappa shape index (κ3) is 2.49. The lowest BCUT2D eigenvalue weighted by atomic mass is 9.86. The van der Waals surface area contributed by atoms with E-state index in [1.165, 1.54) is 0 Å². The van der Waals surface area contributed by atoms with Crippen molar-refractivity contribution in [3.8, 4) is 0 Å². The molecule has 0 atom stereocenters. The summed E-state index contributed by atoms with van der Waals surface area (Å²) in [5.41, 5.74) is 0.186. The first kappa shape index (κ1) is 13.6. The molecule has 2 aromatic heterocycles. The van der Waals surface area contributed by atoms with Crippen LogP contribution in [0.25, 0.3) is 5.65 Å². The van der Waals surface area contributed by atoms with Gasteiger partial charge in [-0.15, -0.1) is 0 Å². The number of carboxylic acids is 1. The van der Waals surface area contributed by atoms with Crippen molar-refractivity contribution in [2.24, 2.45) is 5.41 Å². The van der Waals surface area contributed by atoms with E-state index in [2.05, 4.69) is 10.3 Å². The van der Waals surface area contributed by atoms with Crippen LogP contribution in [0.2, 0.25) is 0 Å². The van der Waals surface area contributed by atoms with Crippen molar-refractivity contribution >= 4 is 17.5 Å². The normalized spacial score (nSPS) is 17.0. The van der Waals surface area contributed by atoms with E-state index in [1.807, 2.05) is 24.4 Å². The van der Waals surface area contributed by atoms with Gasteiger partial charge < -0.3 is 14.8 Å². The number of hydrogen-bond donors (Lipinski definition) is 2. The van der Waals surface area contributed by atoms with Gasteiger partial charge in [-0.25, -0.2) is 4.98 Å². The summed E-state index contributed by atoms with van der Waals surface area (Å²) in [5.74, 6) is -1.15. The van der Waals surface area contributed by atoms with Gasteiger partial charge in [0.1, 0.15) is 11.3 Å². The third-order valence-corrected chi connectivity index (χ3v) is 4.20. The van der Waals surface area contributed by atoms with Crippen LogP contribution in [0.1, 0.15) is 36.2 Å². The van der Waals surface area contributed by atoms with Crippen molar-refractivity contribution < 1.29 is 14.7 Å². The van der Waals surface area contributed by atoms with Crippen molar-refractivity contribution in [1.82, 2.24) is 14.7 Å². The van der Waals surface area contributed by atoms with E-state index in [-0.39, 0.29) is 12.5 Å². The molecule has 21 heavy (non-hydrogen) atoms. The van der Waals surface area contributed by atoms with E-state index in [1.54, 1.807) is 10.6 Å². The van der Waals surface area contributed by atoms with Crippen LogP contribution in [0.5, 0.6) is 0 Å². The van der Waals surface area contributed by atoms with Crippen LogP contribution in [0.3, 0.4) is 0 Å². The fourth-order valence-corrected chi connectivity index (χ4v) is 2.90. The molecule has 1 aliphatic rings. The van der Waals surface area contributed by atoms with Crippen LogP contribution in [0.15, 0.2) is 30.6 Å². The summed E-state index contributed by atoms with van der Waals surface area (Å²) in [5, 5.41) is 12.1. The van der Waals surface area contributed by atoms with Gasteiger partial charge in [-0.3, -0.25) is 9.59 Å². The van der Waals surface area contributed by atoms with Crippen molar-refractivity contribution in [2.45, 2.75) is 25.7 Å². The van der Waals surface area contributed by atoms with Crippen molar-refractivity contribution in [3.63, 3.8) is 0 Å². The molecular formula is C15H17N3O3. The highest BCUT2D eigenvalue weighted by Gasteiger charge is 2.41. The summed E-state index contributed by atoms with van der Waals surface area (Å²) in [7, 11) is 0. The molecule has 0 bridgehead atoms.